The van der Waals surface area contributed by atoms with Gasteiger partial charge in [-0.3, -0.25) is 4.79 Å². The molecule has 0 radical (unpaired) electrons. The molecule has 122 valence electrons. The Kier molecular flexibility index (Phi) is 3.94. The van der Waals surface area contributed by atoms with Crippen molar-refractivity contribution in [1.82, 2.24) is 4.98 Å². The fraction of sp³-hybridized carbons (Fsp3) is 0.0625. The zero-order chi connectivity index (χ0) is 17.5. The maximum absolute atomic E-state index is 12.9. The van der Waals surface area contributed by atoms with Gasteiger partial charge in [-0.2, -0.15) is 13.2 Å². The Morgan fingerprint density at radius 3 is 2.29 bits per heavy atom. The largest absolute Gasteiger partial charge is 0.489 e. The van der Waals surface area contributed by atoms with E-state index in [-0.39, 0.29) is 5.56 Å². The summed E-state index contributed by atoms with van der Waals surface area (Å²) in [6.45, 7) is 0. The quantitative estimate of drug-likeness (QED) is 0.627. The van der Waals surface area contributed by atoms with Gasteiger partial charge in [-0.05, 0) is 46.2 Å². The molecule has 0 aliphatic carbocycles. The summed E-state index contributed by atoms with van der Waals surface area (Å²) in [5.41, 5.74) is -1.04. The molecule has 24 heavy (non-hydrogen) atoms. The van der Waals surface area contributed by atoms with Crippen LogP contribution in [0.3, 0.4) is 0 Å². The summed E-state index contributed by atoms with van der Waals surface area (Å²) >= 11 is 0. The van der Waals surface area contributed by atoms with Crippen LogP contribution in [0.5, 0.6) is 0 Å². The second-order valence-corrected chi connectivity index (χ2v) is 5.28. The molecule has 0 atom stereocenters. The first-order valence-corrected chi connectivity index (χ1v) is 6.96. The molecule has 3 aromatic rings. The second-order valence-electron chi connectivity index (χ2n) is 5.28. The molecule has 1 aromatic heterocycles. The Bertz CT molecular complexity index is 967. The van der Waals surface area contributed by atoms with Crippen LogP contribution in [0.15, 0.2) is 53.5 Å². The van der Waals surface area contributed by atoms with Crippen LogP contribution in [0.25, 0.3) is 21.9 Å². The van der Waals surface area contributed by atoms with E-state index >= 15 is 0 Å². The lowest BCUT2D eigenvalue weighted by molar-refractivity contribution is -0.136. The smallest absolute Gasteiger partial charge is 0.423 e. The first kappa shape index (κ1) is 16.3. The van der Waals surface area contributed by atoms with Crippen LogP contribution in [0.4, 0.5) is 13.2 Å². The van der Waals surface area contributed by atoms with Crippen molar-refractivity contribution in [2.75, 3.05) is 0 Å². The number of halogens is 3. The number of aromatic nitrogens is 1. The monoisotopic (exact) mass is 333 g/mol. The summed E-state index contributed by atoms with van der Waals surface area (Å²) in [5, 5.41) is 19.6. The van der Waals surface area contributed by atoms with E-state index in [1.807, 2.05) is 0 Å². The minimum Gasteiger partial charge on any atom is -0.423 e. The van der Waals surface area contributed by atoms with Crippen LogP contribution in [-0.4, -0.2) is 22.2 Å². The van der Waals surface area contributed by atoms with Gasteiger partial charge in [0.05, 0.1) is 5.56 Å². The normalized spacial score (nSPS) is 11.7. The topological polar surface area (TPSA) is 73.3 Å². The van der Waals surface area contributed by atoms with Gasteiger partial charge >= 0.3 is 13.3 Å². The van der Waals surface area contributed by atoms with E-state index in [1.165, 1.54) is 12.3 Å². The Hall–Kier alpha value is -2.58. The van der Waals surface area contributed by atoms with Crippen molar-refractivity contribution < 1.29 is 23.2 Å². The molecule has 0 spiro atoms. The highest BCUT2D eigenvalue weighted by Gasteiger charge is 2.36. The van der Waals surface area contributed by atoms with Crippen molar-refractivity contribution >= 4 is 23.4 Å². The molecule has 0 bridgehead atoms. The van der Waals surface area contributed by atoms with Gasteiger partial charge in [0.25, 0.3) is 5.56 Å². The molecule has 0 saturated heterocycles. The van der Waals surface area contributed by atoms with E-state index in [0.717, 1.165) is 12.1 Å². The first-order valence-electron chi connectivity index (χ1n) is 6.96. The number of H-pyrrole nitrogens is 1. The summed E-state index contributed by atoms with van der Waals surface area (Å²) in [6.07, 6.45) is -3.21. The number of rotatable bonds is 2. The summed E-state index contributed by atoms with van der Waals surface area (Å²) in [7, 11) is -2.25. The minimum absolute atomic E-state index is 0.266. The van der Waals surface area contributed by atoms with Gasteiger partial charge < -0.3 is 15.0 Å². The van der Waals surface area contributed by atoms with Gasteiger partial charge in [0.15, 0.2) is 0 Å². The van der Waals surface area contributed by atoms with Gasteiger partial charge in [-0.1, -0.05) is 18.2 Å². The van der Waals surface area contributed by atoms with Gasteiger partial charge in [0, 0.05) is 11.6 Å². The van der Waals surface area contributed by atoms with Crippen molar-refractivity contribution in [3.05, 3.63) is 64.6 Å². The Morgan fingerprint density at radius 1 is 0.958 bits per heavy atom. The van der Waals surface area contributed by atoms with Crippen LogP contribution in [0, 0.1) is 0 Å². The molecule has 0 unspecified atom stereocenters. The highest BCUT2D eigenvalue weighted by Crippen LogP contribution is 2.30. The van der Waals surface area contributed by atoms with Crippen LogP contribution < -0.4 is 11.0 Å². The number of benzene rings is 2. The lowest BCUT2D eigenvalue weighted by Gasteiger charge is -2.14. The van der Waals surface area contributed by atoms with Crippen molar-refractivity contribution in [3.8, 4) is 11.1 Å². The average Bonchev–Trinajstić information content (AvgIpc) is 2.53. The maximum atomic E-state index is 12.9. The number of alkyl halides is 3. The number of aromatic amines is 1. The van der Waals surface area contributed by atoms with Crippen LogP contribution in [-0.2, 0) is 6.18 Å². The number of pyridine rings is 1. The molecule has 0 aliphatic rings. The van der Waals surface area contributed by atoms with Crippen molar-refractivity contribution in [3.63, 3.8) is 0 Å². The van der Waals surface area contributed by atoms with E-state index in [0.29, 0.717) is 21.9 Å². The summed E-state index contributed by atoms with van der Waals surface area (Å²) in [6, 6.07) is 9.63. The third-order valence-electron chi connectivity index (χ3n) is 3.74. The zero-order valence-electron chi connectivity index (χ0n) is 12.1. The Balaban J connectivity index is 2.16. The molecule has 0 saturated carbocycles. The summed E-state index contributed by atoms with van der Waals surface area (Å²) < 4.78 is 38.8. The van der Waals surface area contributed by atoms with Crippen molar-refractivity contribution in [1.29, 1.82) is 0 Å². The summed E-state index contributed by atoms with van der Waals surface area (Å²) in [5.74, 6) is 0. The standard InChI is InChI=1S/C16H11BF3NO3/c18-16(19,20)13-4-2-10(8-14(13)17(23)24)9-1-3-12-11(7-9)5-6-21-15(12)22/h1-8,23-24H,(H,21,22). The number of nitrogens with one attached hydrogen (secondary N) is 1. The Labute approximate surface area is 134 Å². The van der Waals surface area contributed by atoms with Crippen LogP contribution in [0.1, 0.15) is 5.56 Å². The zero-order valence-corrected chi connectivity index (χ0v) is 12.1. The predicted molar refractivity (Wildman–Crippen MR) is 84.8 cm³/mol. The SMILES string of the molecule is O=c1[nH]ccc2cc(-c3ccc(C(F)(F)F)c(B(O)O)c3)ccc12. The Morgan fingerprint density at radius 2 is 1.62 bits per heavy atom. The third kappa shape index (κ3) is 2.93. The fourth-order valence-corrected chi connectivity index (χ4v) is 2.59. The summed E-state index contributed by atoms with van der Waals surface area (Å²) in [4.78, 5) is 14.2. The van der Waals surface area contributed by atoms with E-state index in [1.54, 1.807) is 24.3 Å². The predicted octanol–water partition coefficient (Wildman–Crippen LogP) is 1.89. The first-order chi connectivity index (χ1) is 11.3. The highest BCUT2D eigenvalue weighted by atomic mass is 19.4. The molecule has 3 N–H and O–H groups in total. The minimum atomic E-state index is -4.69. The molecule has 0 fully saturated rings. The van der Waals surface area contributed by atoms with Gasteiger partial charge in [0.2, 0.25) is 0 Å². The second kappa shape index (κ2) is 5.81. The maximum Gasteiger partial charge on any atom is 0.489 e. The molecule has 8 heteroatoms. The lowest BCUT2D eigenvalue weighted by Crippen LogP contribution is -2.36. The number of hydrogen-bond acceptors (Lipinski definition) is 3. The number of fused-ring (bicyclic) bond motifs is 1. The van der Waals surface area contributed by atoms with Gasteiger partial charge in [-0.25, -0.2) is 0 Å². The van der Waals surface area contributed by atoms with E-state index in [9.17, 15) is 28.0 Å². The number of hydrogen-bond donors (Lipinski definition) is 3. The van der Waals surface area contributed by atoms with E-state index in [2.05, 4.69) is 4.98 Å². The molecule has 2 aromatic carbocycles. The molecular formula is C16H11BF3NO3. The molecule has 4 nitrogen and oxygen atoms in total. The molecule has 0 aliphatic heterocycles. The van der Waals surface area contributed by atoms with Crippen molar-refractivity contribution in [2.24, 2.45) is 0 Å². The molecule has 3 rings (SSSR count). The fourth-order valence-electron chi connectivity index (χ4n) is 2.59. The van der Waals surface area contributed by atoms with Crippen LogP contribution in [0.2, 0.25) is 0 Å². The average molecular weight is 333 g/mol. The van der Waals surface area contributed by atoms with Gasteiger partial charge in [-0.15, -0.1) is 0 Å². The van der Waals surface area contributed by atoms with Crippen LogP contribution >= 0.6 is 0 Å². The molecule has 0 amide bonds. The van der Waals surface area contributed by atoms with Gasteiger partial charge in [0.1, 0.15) is 0 Å². The third-order valence-corrected chi connectivity index (χ3v) is 3.74. The highest BCUT2D eigenvalue weighted by molar-refractivity contribution is 6.59. The van der Waals surface area contributed by atoms with E-state index in [4.69, 9.17) is 0 Å². The molecule has 1 heterocycles. The van der Waals surface area contributed by atoms with Crippen molar-refractivity contribution in [2.45, 2.75) is 6.18 Å². The lowest BCUT2D eigenvalue weighted by atomic mass is 9.75. The van der Waals surface area contributed by atoms with E-state index < -0.39 is 24.3 Å². The molecular weight excluding hydrogens is 322 g/mol.